The van der Waals surface area contributed by atoms with Crippen LogP contribution in [0.3, 0.4) is 0 Å². The minimum atomic E-state index is -3.67. The molecule has 8 heteroatoms. The fourth-order valence-corrected chi connectivity index (χ4v) is 5.85. The standard InChI is InChI=1S/C21H23ClN2O4S/c1-16-2-8-19(9-3-16)29(26,27)24-14-15-28-21(24)10-12-23(13-11-21)20(25)17-4-6-18(22)7-5-17/h2-9H,10-15H2,1H3. The number of carbonyl (C=O) groups excluding carboxylic acids is 1. The molecule has 0 unspecified atom stereocenters. The van der Waals surface area contributed by atoms with Gasteiger partial charge in [-0.15, -0.1) is 0 Å². The third kappa shape index (κ3) is 3.80. The molecule has 0 saturated carbocycles. The van der Waals surface area contributed by atoms with Gasteiger partial charge >= 0.3 is 0 Å². The highest BCUT2D eigenvalue weighted by Crippen LogP contribution is 2.38. The lowest BCUT2D eigenvalue weighted by Crippen LogP contribution is -2.55. The fraction of sp³-hybridized carbons (Fsp3) is 0.381. The molecule has 2 aromatic rings. The summed E-state index contributed by atoms with van der Waals surface area (Å²) >= 11 is 5.90. The van der Waals surface area contributed by atoms with Crippen molar-refractivity contribution >= 4 is 27.5 Å². The average Bonchev–Trinajstić information content (AvgIpc) is 3.13. The Kier molecular flexibility index (Phi) is 5.42. The van der Waals surface area contributed by atoms with Crippen molar-refractivity contribution in [1.29, 1.82) is 0 Å². The third-order valence-electron chi connectivity index (χ3n) is 5.65. The van der Waals surface area contributed by atoms with Crippen LogP contribution in [0.15, 0.2) is 53.4 Å². The number of piperidine rings is 1. The first kappa shape index (κ1) is 20.3. The molecule has 2 aromatic carbocycles. The molecule has 1 amide bonds. The molecule has 2 aliphatic rings. The Hall–Kier alpha value is -1.93. The molecule has 29 heavy (non-hydrogen) atoms. The Labute approximate surface area is 176 Å². The van der Waals surface area contributed by atoms with E-state index in [4.69, 9.17) is 16.3 Å². The molecule has 2 heterocycles. The van der Waals surface area contributed by atoms with Crippen LogP contribution < -0.4 is 0 Å². The lowest BCUT2D eigenvalue weighted by atomic mass is 10.00. The van der Waals surface area contributed by atoms with Gasteiger partial charge in [0.1, 0.15) is 5.72 Å². The summed E-state index contributed by atoms with van der Waals surface area (Å²) in [5, 5.41) is 0.579. The number of aryl methyl sites for hydroxylation is 1. The molecule has 0 bridgehead atoms. The van der Waals surface area contributed by atoms with Crippen molar-refractivity contribution in [3.8, 4) is 0 Å². The first-order chi connectivity index (χ1) is 13.8. The molecule has 1 spiro atoms. The summed E-state index contributed by atoms with van der Waals surface area (Å²) in [7, 11) is -3.67. The molecule has 0 radical (unpaired) electrons. The van der Waals surface area contributed by atoms with Crippen LogP contribution in [-0.2, 0) is 14.8 Å². The minimum Gasteiger partial charge on any atom is -0.358 e. The zero-order valence-electron chi connectivity index (χ0n) is 16.2. The summed E-state index contributed by atoms with van der Waals surface area (Å²) in [6, 6.07) is 13.6. The van der Waals surface area contributed by atoms with Crippen LogP contribution in [0.1, 0.15) is 28.8 Å². The molecular formula is C21H23ClN2O4S. The topological polar surface area (TPSA) is 66.9 Å². The highest BCUT2D eigenvalue weighted by atomic mass is 35.5. The number of carbonyl (C=O) groups is 1. The predicted octanol–water partition coefficient (Wildman–Crippen LogP) is 3.30. The van der Waals surface area contributed by atoms with E-state index in [9.17, 15) is 13.2 Å². The predicted molar refractivity (Wildman–Crippen MR) is 110 cm³/mol. The van der Waals surface area contributed by atoms with Crippen molar-refractivity contribution < 1.29 is 17.9 Å². The van der Waals surface area contributed by atoms with Crippen LogP contribution in [-0.4, -0.2) is 55.5 Å². The van der Waals surface area contributed by atoms with Gasteiger partial charge in [0.2, 0.25) is 10.0 Å². The highest BCUT2D eigenvalue weighted by Gasteiger charge is 2.50. The second-order valence-corrected chi connectivity index (χ2v) is 9.78. The van der Waals surface area contributed by atoms with Crippen molar-refractivity contribution in [1.82, 2.24) is 9.21 Å². The third-order valence-corrected chi connectivity index (χ3v) is 7.87. The average molecular weight is 435 g/mol. The SMILES string of the molecule is Cc1ccc(S(=O)(=O)N2CCOC23CCN(C(=O)c2ccc(Cl)cc2)CC3)cc1. The van der Waals surface area contributed by atoms with Gasteiger partial charge in [-0.3, -0.25) is 4.79 Å². The van der Waals surface area contributed by atoms with Crippen molar-refractivity contribution in [3.63, 3.8) is 0 Å². The van der Waals surface area contributed by atoms with Crippen molar-refractivity contribution in [3.05, 3.63) is 64.7 Å². The number of amides is 1. The molecule has 0 aliphatic carbocycles. The van der Waals surface area contributed by atoms with Gasteiger partial charge in [-0.05, 0) is 43.3 Å². The molecule has 154 valence electrons. The van der Waals surface area contributed by atoms with Crippen molar-refractivity contribution in [2.75, 3.05) is 26.2 Å². The number of benzene rings is 2. The highest BCUT2D eigenvalue weighted by molar-refractivity contribution is 7.89. The van der Waals surface area contributed by atoms with E-state index in [0.717, 1.165) is 5.56 Å². The summed E-state index contributed by atoms with van der Waals surface area (Å²) in [5.74, 6) is -0.0811. The van der Waals surface area contributed by atoms with Crippen LogP contribution >= 0.6 is 11.6 Å². The summed E-state index contributed by atoms with van der Waals surface area (Å²) in [6.45, 7) is 3.46. The number of halogens is 1. The summed E-state index contributed by atoms with van der Waals surface area (Å²) in [5.41, 5.74) is 0.688. The Morgan fingerprint density at radius 1 is 1.00 bits per heavy atom. The Morgan fingerprint density at radius 2 is 1.62 bits per heavy atom. The fourth-order valence-electron chi connectivity index (χ4n) is 4.00. The van der Waals surface area contributed by atoms with E-state index in [1.807, 2.05) is 6.92 Å². The maximum absolute atomic E-state index is 13.2. The Bertz CT molecular complexity index is 998. The largest absolute Gasteiger partial charge is 0.358 e. The van der Waals surface area contributed by atoms with Crippen molar-refractivity contribution in [2.24, 2.45) is 0 Å². The molecule has 0 atom stereocenters. The van der Waals surface area contributed by atoms with E-state index >= 15 is 0 Å². The van der Waals surface area contributed by atoms with Crippen LogP contribution in [0.2, 0.25) is 5.02 Å². The van der Waals surface area contributed by atoms with Crippen LogP contribution in [0.25, 0.3) is 0 Å². The number of hydrogen-bond donors (Lipinski definition) is 0. The van der Waals surface area contributed by atoms with Gasteiger partial charge in [-0.2, -0.15) is 4.31 Å². The van der Waals surface area contributed by atoms with Crippen LogP contribution in [0, 0.1) is 6.92 Å². The summed E-state index contributed by atoms with van der Waals surface area (Å²) in [4.78, 5) is 14.8. The number of hydrogen-bond acceptors (Lipinski definition) is 4. The van der Waals surface area contributed by atoms with E-state index in [2.05, 4.69) is 0 Å². The second kappa shape index (κ2) is 7.72. The van der Waals surface area contributed by atoms with E-state index in [-0.39, 0.29) is 10.8 Å². The number of rotatable bonds is 3. The lowest BCUT2D eigenvalue weighted by molar-refractivity contribution is -0.0857. The van der Waals surface area contributed by atoms with Gasteiger partial charge in [0.05, 0.1) is 11.5 Å². The number of nitrogens with zero attached hydrogens (tertiary/aromatic N) is 2. The van der Waals surface area contributed by atoms with E-state index in [1.165, 1.54) is 4.31 Å². The van der Waals surface area contributed by atoms with Gasteiger partial charge < -0.3 is 9.64 Å². The Morgan fingerprint density at radius 3 is 2.24 bits per heavy atom. The van der Waals surface area contributed by atoms with Gasteiger partial charge in [0, 0.05) is 43.1 Å². The first-order valence-corrected chi connectivity index (χ1v) is 11.4. The zero-order chi connectivity index (χ0) is 20.6. The molecule has 6 nitrogen and oxygen atoms in total. The Balaban J connectivity index is 1.51. The summed E-state index contributed by atoms with van der Waals surface area (Å²) < 4.78 is 33.9. The van der Waals surface area contributed by atoms with E-state index < -0.39 is 15.7 Å². The van der Waals surface area contributed by atoms with E-state index in [1.54, 1.807) is 53.4 Å². The molecule has 2 saturated heterocycles. The molecule has 0 N–H and O–H groups in total. The molecule has 2 fully saturated rings. The number of likely N-dealkylation sites (tertiary alicyclic amines) is 1. The van der Waals surface area contributed by atoms with Crippen LogP contribution in [0.5, 0.6) is 0 Å². The quantitative estimate of drug-likeness (QED) is 0.743. The lowest BCUT2D eigenvalue weighted by Gasteiger charge is -2.42. The molecule has 0 aromatic heterocycles. The van der Waals surface area contributed by atoms with Crippen LogP contribution in [0.4, 0.5) is 0 Å². The van der Waals surface area contributed by atoms with Gasteiger partial charge in [-0.1, -0.05) is 29.3 Å². The van der Waals surface area contributed by atoms with Gasteiger partial charge in [0.15, 0.2) is 0 Å². The number of sulfonamides is 1. The van der Waals surface area contributed by atoms with Gasteiger partial charge in [-0.25, -0.2) is 8.42 Å². The van der Waals surface area contributed by atoms with E-state index in [0.29, 0.717) is 49.7 Å². The molecule has 2 aliphatic heterocycles. The minimum absolute atomic E-state index is 0.0811. The molecular weight excluding hydrogens is 412 g/mol. The molecule has 4 rings (SSSR count). The monoisotopic (exact) mass is 434 g/mol. The smallest absolute Gasteiger partial charge is 0.253 e. The maximum Gasteiger partial charge on any atom is 0.253 e. The second-order valence-electron chi connectivity index (χ2n) is 7.48. The van der Waals surface area contributed by atoms with Gasteiger partial charge in [0.25, 0.3) is 5.91 Å². The van der Waals surface area contributed by atoms with Crippen molar-refractivity contribution in [2.45, 2.75) is 30.4 Å². The normalized spacial score (nSPS) is 19.6. The first-order valence-electron chi connectivity index (χ1n) is 9.60. The zero-order valence-corrected chi connectivity index (χ0v) is 17.7. The maximum atomic E-state index is 13.2. The summed E-state index contributed by atoms with van der Waals surface area (Å²) in [6.07, 6.45) is 0.884. The number of ether oxygens (including phenoxy) is 1.